The lowest BCUT2D eigenvalue weighted by atomic mass is 9.95. The molecule has 0 spiro atoms. The molecule has 3 rings (SSSR count). The molecule has 1 N–H and O–H groups in total. The van der Waals surface area contributed by atoms with E-state index in [4.69, 9.17) is 5.26 Å². The van der Waals surface area contributed by atoms with Crippen molar-refractivity contribution in [2.45, 2.75) is 12.8 Å². The molecule has 3 nitrogen and oxygen atoms in total. The molecule has 0 saturated heterocycles. The largest absolute Gasteiger partial charge is 0.508 e. The van der Waals surface area contributed by atoms with E-state index in [9.17, 15) is 14.3 Å². The van der Waals surface area contributed by atoms with Crippen molar-refractivity contribution in [1.82, 2.24) is 0 Å². The Balaban J connectivity index is 2.12. The highest BCUT2D eigenvalue weighted by Gasteiger charge is 2.25. The van der Waals surface area contributed by atoms with E-state index in [1.165, 1.54) is 30.3 Å². The minimum Gasteiger partial charge on any atom is -0.508 e. The fourth-order valence-electron chi connectivity index (χ4n) is 2.35. The first-order chi connectivity index (χ1) is 10.1. The highest BCUT2D eigenvalue weighted by Crippen LogP contribution is 2.36. The average Bonchev–Trinajstić information content (AvgIpc) is 2.85. The lowest BCUT2D eigenvalue weighted by Gasteiger charge is -2.09. The van der Waals surface area contributed by atoms with Crippen LogP contribution in [0.3, 0.4) is 0 Å². The molecular weight excluding hydrogens is 289 g/mol. The van der Waals surface area contributed by atoms with Crippen LogP contribution in [0.5, 0.6) is 5.75 Å². The van der Waals surface area contributed by atoms with E-state index < -0.39 is 0 Å². The van der Waals surface area contributed by atoms with Gasteiger partial charge in [0, 0.05) is 17.5 Å². The van der Waals surface area contributed by atoms with Crippen LogP contribution in [0.2, 0.25) is 0 Å². The normalized spacial score (nSPS) is 13.2. The van der Waals surface area contributed by atoms with Crippen molar-refractivity contribution in [2.75, 3.05) is 0 Å². The summed E-state index contributed by atoms with van der Waals surface area (Å²) in [5.74, 6) is -0.461. The first-order valence-electron chi connectivity index (χ1n) is 6.35. The number of phenolic OH excluding ortho intramolecular Hbond substituents is 1. The van der Waals surface area contributed by atoms with E-state index in [1.54, 1.807) is 0 Å². The van der Waals surface area contributed by atoms with Gasteiger partial charge in [-0.2, -0.15) is 5.26 Å². The lowest BCUT2D eigenvalue weighted by Crippen LogP contribution is -2.03. The van der Waals surface area contributed by atoms with Crippen LogP contribution >= 0.6 is 11.3 Å². The van der Waals surface area contributed by atoms with Crippen LogP contribution in [-0.2, 0) is 6.42 Å². The van der Waals surface area contributed by atoms with Crippen LogP contribution in [0.25, 0.3) is 6.08 Å². The molecule has 1 heterocycles. The molecule has 21 heavy (non-hydrogen) atoms. The number of nitrogens with zero attached hydrogens (tertiary/aromatic N) is 1. The van der Waals surface area contributed by atoms with E-state index in [0.29, 0.717) is 27.3 Å². The van der Waals surface area contributed by atoms with Gasteiger partial charge in [-0.1, -0.05) is 0 Å². The van der Waals surface area contributed by atoms with Crippen molar-refractivity contribution < 1.29 is 14.3 Å². The quantitative estimate of drug-likeness (QED) is 0.858. The van der Waals surface area contributed by atoms with Crippen LogP contribution in [0, 0.1) is 11.3 Å². The topological polar surface area (TPSA) is 61.1 Å². The fraction of sp³-hybridized carbons (Fsp3) is 0.125. The monoisotopic (exact) mass is 299 g/mol. The number of carbonyl (C=O) groups is 1. The second kappa shape index (κ2) is 5.15. The summed E-state index contributed by atoms with van der Waals surface area (Å²) < 4.78 is 13.5. The molecule has 1 aromatic carbocycles. The molecule has 0 bridgehead atoms. The maximum atomic E-state index is 13.5. The number of benzene rings is 1. The average molecular weight is 299 g/mol. The van der Waals surface area contributed by atoms with Crippen LogP contribution in [-0.4, -0.2) is 10.9 Å². The van der Waals surface area contributed by atoms with Gasteiger partial charge in [0.1, 0.15) is 22.5 Å². The van der Waals surface area contributed by atoms with Gasteiger partial charge in [0.25, 0.3) is 0 Å². The smallest absolute Gasteiger partial charge is 0.203 e. The number of allylic oxidation sites excluding steroid dienone is 1. The molecule has 2 aromatic rings. The molecule has 0 atom stereocenters. The molecule has 0 saturated carbocycles. The van der Waals surface area contributed by atoms with Crippen molar-refractivity contribution in [3.63, 3.8) is 0 Å². The number of carbonyl (C=O) groups excluding carboxylic acids is 1. The number of aromatic hydroxyl groups is 1. The third-order valence-electron chi connectivity index (χ3n) is 3.40. The van der Waals surface area contributed by atoms with Gasteiger partial charge in [-0.25, -0.2) is 4.39 Å². The number of nitriles is 1. The third kappa shape index (κ3) is 2.34. The second-order valence-corrected chi connectivity index (χ2v) is 5.75. The molecule has 0 aliphatic heterocycles. The highest BCUT2D eigenvalue weighted by molar-refractivity contribution is 7.15. The molecular formula is C16H10FNO2S. The summed E-state index contributed by atoms with van der Waals surface area (Å²) in [5, 5.41) is 18.4. The number of hydrogen-bond acceptors (Lipinski definition) is 4. The first kappa shape index (κ1) is 13.5. The Morgan fingerprint density at radius 1 is 1.29 bits per heavy atom. The van der Waals surface area contributed by atoms with Gasteiger partial charge in [-0.3, -0.25) is 4.79 Å². The number of thiophene rings is 1. The maximum absolute atomic E-state index is 13.5. The predicted molar refractivity (Wildman–Crippen MR) is 78.0 cm³/mol. The molecule has 0 radical (unpaired) electrons. The van der Waals surface area contributed by atoms with Crippen molar-refractivity contribution in [2.24, 2.45) is 0 Å². The van der Waals surface area contributed by atoms with Gasteiger partial charge in [0.2, 0.25) is 5.78 Å². The summed E-state index contributed by atoms with van der Waals surface area (Å²) in [7, 11) is 0. The summed E-state index contributed by atoms with van der Waals surface area (Å²) in [6.07, 6.45) is 2.06. The summed E-state index contributed by atoms with van der Waals surface area (Å²) in [6.45, 7) is 0. The number of rotatable bonds is 2. The number of halogens is 1. The van der Waals surface area contributed by atoms with Crippen LogP contribution in [0.1, 0.15) is 37.7 Å². The number of hydrogen-bond donors (Lipinski definition) is 1. The molecule has 0 fully saturated rings. The van der Waals surface area contributed by atoms with Crippen molar-refractivity contribution in [3.8, 4) is 11.8 Å². The molecule has 1 aromatic heterocycles. The Bertz CT molecular complexity index is 797. The zero-order valence-electron chi connectivity index (χ0n) is 10.9. The van der Waals surface area contributed by atoms with Gasteiger partial charge in [-0.05, 0) is 42.3 Å². The molecule has 5 heteroatoms. The maximum Gasteiger partial charge on any atom is 0.203 e. The third-order valence-corrected chi connectivity index (χ3v) is 4.55. The van der Waals surface area contributed by atoms with Crippen molar-refractivity contribution in [3.05, 3.63) is 56.5 Å². The number of ketones is 1. The Labute approximate surface area is 124 Å². The van der Waals surface area contributed by atoms with Crippen molar-refractivity contribution >= 4 is 23.2 Å². The minimum absolute atomic E-state index is 0.0726. The van der Waals surface area contributed by atoms with E-state index in [1.807, 2.05) is 0 Å². The first-order valence-corrected chi connectivity index (χ1v) is 7.17. The van der Waals surface area contributed by atoms with Crippen molar-refractivity contribution in [1.29, 1.82) is 5.26 Å². The lowest BCUT2D eigenvalue weighted by molar-refractivity contribution is 0.104. The molecule has 104 valence electrons. The van der Waals surface area contributed by atoms with Gasteiger partial charge < -0.3 is 5.11 Å². The van der Waals surface area contributed by atoms with Gasteiger partial charge >= 0.3 is 0 Å². The number of phenols is 1. The van der Waals surface area contributed by atoms with Gasteiger partial charge in [0.05, 0.1) is 4.88 Å². The van der Waals surface area contributed by atoms with Crippen LogP contribution < -0.4 is 0 Å². The zero-order valence-corrected chi connectivity index (χ0v) is 11.7. The minimum atomic E-state index is -0.274. The number of fused-ring (bicyclic) bond motifs is 1. The van der Waals surface area contributed by atoms with Gasteiger partial charge in [-0.15, -0.1) is 11.3 Å². The summed E-state index contributed by atoms with van der Waals surface area (Å²) >= 11 is 1.10. The molecule has 1 aliphatic carbocycles. The Hall–Kier alpha value is -2.45. The SMILES string of the molecule is N#Cc1sc(C(=O)c2ccc(O)cc2)c2c1CCC(F)=C2. The molecule has 1 aliphatic rings. The van der Waals surface area contributed by atoms with E-state index in [2.05, 4.69) is 6.07 Å². The summed E-state index contributed by atoms with van der Waals surface area (Å²) in [4.78, 5) is 13.4. The summed E-state index contributed by atoms with van der Waals surface area (Å²) in [5.41, 5.74) is 1.69. The Kier molecular flexibility index (Phi) is 3.32. The van der Waals surface area contributed by atoms with E-state index >= 15 is 0 Å². The second-order valence-electron chi connectivity index (χ2n) is 4.73. The zero-order chi connectivity index (χ0) is 15.0. The van der Waals surface area contributed by atoms with Gasteiger partial charge in [0.15, 0.2) is 0 Å². The van der Waals surface area contributed by atoms with Crippen LogP contribution in [0.4, 0.5) is 4.39 Å². The predicted octanol–water partition coefficient (Wildman–Crippen LogP) is 3.81. The molecule has 0 amide bonds. The van der Waals surface area contributed by atoms with Crippen LogP contribution in [0.15, 0.2) is 30.1 Å². The standard InChI is InChI=1S/C16H10FNO2S/c17-10-3-6-12-13(7-10)16(21-14(12)8-18)15(20)9-1-4-11(19)5-2-9/h1-2,4-5,7,19H,3,6H2. The Morgan fingerprint density at radius 2 is 2.00 bits per heavy atom. The van der Waals surface area contributed by atoms with E-state index in [0.717, 1.165) is 16.9 Å². The fourth-order valence-corrected chi connectivity index (χ4v) is 3.44. The Morgan fingerprint density at radius 3 is 2.67 bits per heavy atom. The summed E-state index contributed by atoms with van der Waals surface area (Å²) in [6, 6.07) is 7.96. The molecule has 0 unspecified atom stereocenters. The highest BCUT2D eigenvalue weighted by atomic mass is 32.1. The van der Waals surface area contributed by atoms with E-state index in [-0.39, 0.29) is 23.8 Å².